The van der Waals surface area contributed by atoms with Gasteiger partial charge in [0.25, 0.3) is 11.5 Å². The van der Waals surface area contributed by atoms with Crippen LogP contribution in [0.2, 0.25) is 0 Å². The number of amides is 2. The Morgan fingerprint density at radius 1 is 1.41 bits per heavy atom. The van der Waals surface area contributed by atoms with Crippen LogP contribution in [0, 0.1) is 5.92 Å². The molecule has 2 aliphatic rings. The minimum atomic E-state index is -0.398. The van der Waals surface area contributed by atoms with Gasteiger partial charge in [-0.2, -0.15) is 0 Å². The molecule has 0 aliphatic carbocycles. The van der Waals surface area contributed by atoms with Gasteiger partial charge in [0.1, 0.15) is 5.56 Å². The number of nitrogens with zero attached hydrogens (tertiary/aromatic N) is 3. The number of thioether (sulfide) groups is 1. The van der Waals surface area contributed by atoms with Gasteiger partial charge >= 0.3 is 0 Å². The molecule has 0 saturated carbocycles. The quantitative estimate of drug-likeness (QED) is 0.777. The van der Waals surface area contributed by atoms with E-state index in [0.29, 0.717) is 24.5 Å². The van der Waals surface area contributed by atoms with E-state index in [1.165, 1.54) is 22.5 Å². The fourth-order valence-electron chi connectivity index (χ4n) is 2.94. The Kier molecular flexibility index (Phi) is 3.94. The van der Waals surface area contributed by atoms with Crippen molar-refractivity contribution in [1.82, 2.24) is 14.5 Å². The van der Waals surface area contributed by atoms with Gasteiger partial charge in [0.05, 0.1) is 5.92 Å². The van der Waals surface area contributed by atoms with E-state index in [1.807, 2.05) is 6.92 Å². The van der Waals surface area contributed by atoms with E-state index in [4.69, 9.17) is 5.73 Å². The van der Waals surface area contributed by atoms with Crippen LogP contribution in [0.4, 0.5) is 0 Å². The minimum absolute atomic E-state index is 0.0184. The van der Waals surface area contributed by atoms with Crippen LogP contribution in [0.1, 0.15) is 30.1 Å². The first-order chi connectivity index (χ1) is 10.5. The molecule has 22 heavy (non-hydrogen) atoms. The van der Waals surface area contributed by atoms with Crippen molar-refractivity contribution in [2.45, 2.75) is 37.5 Å². The molecule has 3 rings (SSSR count). The SMILES string of the molecule is CC1CCC(C(N)=O)CN1C(=O)c1cnc2n(c1=O)CCS2. The summed E-state index contributed by atoms with van der Waals surface area (Å²) in [5, 5.41) is 0.656. The highest BCUT2D eigenvalue weighted by Crippen LogP contribution is 2.24. The summed E-state index contributed by atoms with van der Waals surface area (Å²) in [4.78, 5) is 42.3. The number of fused-ring (bicyclic) bond motifs is 1. The van der Waals surface area contributed by atoms with Crippen molar-refractivity contribution in [2.24, 2.45) is 11.7 Å². The molecule has 2 amide bonds. The Balaban J connectivity index is 1.90. The van der Waals surface area contributed by atoms with Crippen LogP contribution in [0.15, 0.2) is 16.1 Å². The highest BCUT2D eigenvalue weighted by Gasteiger charge is 2.33. The van der Waals surface area contributed by atoms with Gasteiger partial charge in [-0.25, -0.2) is 4.98 Å². The van der Waals surface area contributed by atoms with Crippen molar-refractivity contribution in [2.75, 3.05) is 12.3 Å². The smallest absolute Gasteiger partial charge is 0.267 e. The summed E-state index contributed by atoms with van der Waals surface area (Å²) in [7, 11) is 0. The van der Waals surface area contributed by atoms with Crippen LogP contribution < -0.4 is 11.3 Å². The summed E-state index contributed by atoms with van der Waals surface area (Å²) in [6.07, 6.45) is 2.74. The molecule has 0 spiro atoms. The van der Waals surface area contributed by atoms with Crippen LogP contribution >= 0.6 is 11.8 Å². The molecular formula is C14H18N4O3S. The average Bonchev–Trinajstić information content (AvgIpc) is 2.96. The van der Waals surface area contributed by atoms with Gasteiger partial charge in [0.15, 0.2) is 5.16 Å². The van der Waals surface area contributed by atoms with Crippen LogP contribution in [-0.2, 0) is 11.3 Å². The summed E-state index contributed by atoms with van der Waals surface area (Å²) < 4.78 is 1.54. The van der Waals surface area contributed by atoms with E-state index in [1.54, 1.807) is 4.90 Å². The third kappa shape index (κ3) is 2.51. The Morgan fingerprint density at radius 3 is 2.91 bits per heavy atom. The number of hydrogen-bond donors (Lipinski definition) is 1. The zero-order chi connectivity index (χ0) is 15.9. The van der Waals surface area contributed by atoms with E-state index in [2.05, 4.69) is 4.98 Å². The van der Waals surface area contributed by atoms with Crippen LogP contribution in [0.25, 0.3) is 0 Å². The maximum absolute atomic E-state index is 12.7. The normalized spacial score (nSPS) is 24.1. The van der Waals surface area contributed by atoms with Crippen molar-refractivity contribution in [1.29, 1.82) is 0 Å². The monoisotopic (exact) mass is 322 g/mol. The molecular weight excluding hydrogens is 304 g/mol. The first kappa shape index (κ1) is 15.1. The van der Waals surface area contributed by atoms with Gasteiger partial charge in [0, 0.05) is 31.1 Å². The standard InChI is InChI=1S/C14H18N4O3S/c1-8-2-3-9(11(15)19)7-18(8)13(21)10-6-16-14-17(12(10)20)4-5-22-14/h6,8-9H,2-5,7H2,1H3,(H2,15,19). The molecule has 1 saturated heterocycles. The maximum atomic E-state index is 12.7. The Morgan fingerprint density at radius 2 is 2.18 bits per heavy atom. The lowest BCUT2D eigenvalue weighted by atomic mass is 9.92. The van der Waals surface area contributed by atoms with Crippen LogP contribution in [0.3, 0.4) is 0 Å². The molecule has 7 nitrogen and oxygen atoms in total. The molecule has 1 aromatic rings. The fourth-order valence-corrected chi connectivity index (χ4v) is 3.85. The second-order valence-electron chi connectivity index (χ2n) is 5.74. The summed E-state index contributed by atoms with van der Waals surface area (Å²) in [5.41, 5.74) is 5.13. The number of nitrogens with two attached hydrogens (primary N) is 1. The van der Waals surface area contributed by atoms with Gasteiger partial charge in [-0.15, -0.1) is 0 Å². The van der Waals surface area contributed by atoms with Gasteiger partial charge in [-0.3, -0.25) is 19.0 Å². The lowest BCUT2D eigenvalue weighted by molar-refractivity contribution is -0.123. The largest absolute Gasteiger partial charge is 0.369 e. The molecule has 1 fully saturated rings. The van der Waals surface area contributed by atoms with Gasteiger partial charge in [0.2, 0.25) is 5.91 Å². The molecule has 1 aromatic heterocycles. The lowest BCUT2D eigenvalue weighted by Crippen LogP contribution is -2.50. The van der Waals surface area contributed by atoms with Crippen molar-refractivity contribution < 1.29 is 9.59 Å². The van der Waals surface area contributed by atoms with Crippen LogP contribution in [-0.4, -0.2) is 44.6 Å². The third-order valence-corrected chi connectivity index (χ3v) is 5.30. The van der Waals surface area contributed by atoms with E-state index < -0.39 is 5.91 Å². The number of carbonyl (C=O) groups excluding carboxylic acids is 2. The first-order valence-electron chi connectivity index (χ1n) is 7.32. The van der Waals surface area contributed by atoms with Gasteiger partial charge < -0.3 is 10.6 Å². The highest BCUT2D eigenvalue weighted by atomic mass is 32.2. The number of piperidine rings is 1. The lowest BCUT2D eigenvalue weighted by Gasteiger charge is -2.36. The Labute approximate surface area is 131 Å². The molecule has 2 N–H and O–H groups in total. The molecule has 0 aromatic carbocycles. The second-order valence-corrected chi connectivity index (χ2v) is 6.80. The molecule has 2 unspecified atom stereocenters. The topological polar surface area (TPSA) is 98.3 Å². The number of carbonyl (C=O) groups is 2. The van der Waals surface area contributed by atoms with Crippen molar-refractivity contribution in [3.8, 4) is 0 Å². The predicted molar refractivity (Wildman–Crippen MR) is 81.6 cm³/mol. The molecule has 0 radical (unpaired) electrons. The zero-order valence-corrected chi connectivity index (χ0v) is 13.1. The van der Waals surface area contributed by atoms with E-state index in [0.717, 1.165) is 5.75 Å². The third-order valence-electron chi connectivity index (χ3n) is 4.33. The van der Waals surface area contributed by atoms with Gasteiger partial charge in [-0.05, 0) is 19.8 Å². The second kappa shape index (κ2) is 5.75. The van der Waals surface area contributed by atoms with E-state index >= 15 is 0 Å². The number of rotatable bonds is 2. The average molecular weight is 322 g/mol. The zero-order valence-electron chi connectivity index (χ0n) is 12.3. The maximum Gasteiger partial charge on any atom is 0.267 e. The first-order valence-corrected chi connectivity index (χ1v) is 8.30. The summed E-state index contributed by atoms with van der Waals surface area (Å²) in [6, 6.07) is -0.0184. The molecule has 8 heteroatoms. The highest BCUT2D eigenvalue weighted by molar-refractivity contribution is 7.99. The van der Waals surface area contributed by atoms with Gasteiger partial charge in [-0.1, -0.05) is 11.8 Å². The van der Waals surface area contributed by atoms with E-state index in [-0.39, 0.29) is 35.5 Å². The minimum Gasteiger partial charge on any atom is -0.369 e. The van der Waals surface area contributed by atoms with Crippen LogP contribution in [0.5, 0.6) is 0 Å². The Bertz CT molecular complexity index is 687. The summed E-state index contributed by atoms with van der Waals surface area (Å²) in [6.45, 7) is 2.76. The predicted octanol–water partition coefficient (Wildman–Crippen LogP) is 0.0750. The molecule has 0 bridgehead atoms. The molecule has 118 valence electrons. The Hall–Kier alpha value is -1.83. The van der Waals surface area contributed by atoms with Crippen molar-refractivity contribution in [3.63, 3.8) is 0 Å². The van der Waals surface area contributed by atoms with Crippen molar-refractivity contribution in [3.05, 3.63) is 22.1 Å². The number of aromatic nitrogens is 2. The molecule has 3 heterocycles. The number of likely N-dealkylation sites (tertiary alicyclic amines) is 1. The molecule has 2 atom stereocenters. The fraction of sp³-hybridized carbons (Fsp3) is 0.571. The number of primary amides is 1. The number of hydrogen-bond acceptors (Lipinski definition) is 5. The molecule has 2 aliphatic heterocycles. The summed E-state index contributed by atoms with van der Waals surface area (Å²) >= 11 is 1.51. The van der Waals surface area contributed by atoms with Crippen molar-refractivity contribution >= 4 is 23.6 Å². The summed E-state index contributed by atoms with van der Waals surface area (Å²) in [5.74, 6) is -0.307. The van der Waals surface area contributed by atoms with E-state index in [9.17, 15) is 14.4 Å².